The summed E-state index contributed by atoms with van der Waals surface area (Å²) in [7, 11) is 0. The SMILES string of the molecule is CC1CCCCN1c1ncnc(NCCN2CCCCC2)c1N. The number of nitrogens with zero attached hydrogens (tertiary/aromatic N) is 4. The van der Waals surface area contributed by atoms with Gasteiger partial charge in [0.2, 0.25) is 0 Å². The van der Waals surface area contributed by atoms with Crippen molar-refractivity contribution in [3.8, 4) is 0 Å². The van der Waals surface area contributed by atoms with Crippen LogP contribution < -0.4 is 16.0 Å². The molecule has 0 amide bonds. The van der Waals surface area contributed by atoms with E-state index < -0.39 is 0 Å². The molecule has 2 saturated heterocycles. The minimum atomic E-state index is 0.502. The van der Waals surface area contributed by atoms with Crippen molar-refractivity contribution >= 4 is 17.3 Å². The fraction of sp³-hybridized carbons (Fsp3) is 0.765. The molecule has 0 bridgehead atoms. The van der Waals surface area contributed by atoms with Crippen LogP contribution >= 0.6 is 0 Å². The number of nitrogens with two attached hydrogens (primary N) is 1. The topological polar surface area (TPSA) is 70.3 Å². The molecule has 0 spiro atoms. The van der Waals surface area contributed by atoms with Gasteiger partial charge in [0.1, 0.15) is 12.0 Å². The van der Waals surface area contributed by atoms with Gasteiger partial charge in [0.05, 0.1) is 0 Å². The van der Waals surface area contributed by atoms with Crippen molar-refractivity contribution < 1.29 is 0 Å². The van der Waals surface area contributed by atoms with Crippen molar-refractivity contribution in [3.05, 3.63) is 6.33 Å². The van der Waals surface area contributed by atoms with Crippen molar-refractivity contribution in [2.24, 2.45) is 0 Å². The number of hydrogen-bond donors (Lipinski definition) is 2. The zero-order valence-electron chi connectivity index (χ0n) is 14.3. The molecule has 1 unspecified atom stereocenters. The van der Waals surface area contributed by atoms with E-state index in [-0.39, 0.29) is 0 Å². The number of rotatable bonds is 5. The van der Waals surface area contributed by atoms with Crippen molar-refractivity contribution in [2.45, 2.75) is 51.5 Å². The monoisotopic (exact) mass is 318 g/mol. The summed E-state index contributed by atoms with van der Waals surface area (Å²) in [4.78, 5) is 13.6. The lowest BCUT2D eigenvalue weighted by atomic mass is 10.0. The first kappa shape index (κ1) is 16.3. The third-order valence-corrected chi connectivity index (χ3v) is 5.11. The highest BCUT2D eigenvalue weighted by Crippen LogP contribution is 2.30. The Bertz CT molecular complexity index is 500. The summed E-state index contributed by atoms with van der Waals surface area (Å²) in [6, 6.07) is 0.502. The zero-order valence-corrected chi connectivity index (χ0v) is 14.3. The molecule has 2 fully saturated rings. The largest absolute Gasteiger partial charge is 0.393 e. The molecule has 3 rings (SSSR count). The van der Waals surface area contributed by atoms with Crippen LogP contribution in [-0.2, 0) is 0 Å². The van der Waals surface area contributed by atoms with Crippen LogP contribution in [0, 0.1) is 0 Å². The molecule has 1 atom stereocenters. The summed E-state index contributed by atoms with van der Waals surface area (Å²) in [5.74, 6) is 1.68. The molecule has 3 N–H and O–H groups in total. The van der Waals surface area contributed by atoms with E-state index in [2.05, 4.69) is 32.0 Å². The van der Waals surface area contributed by atoms with Crippen molar-refractivity contribution in [3.63, 3.8) is 0 Å². The maximum absolute atomic E-state index is 6.35. The smallest absolute Gasteiger partial charge is 0.157 e. The summed E-state index contributed by atoms with van der Waals surface area (Å²) in [6.07, 6.45) is 9.38. The molecule has 1 aromatic heterocycles. The fourth-order valence-corrected chi connectivity index (χ4v) is 3.68. The number of likely N-dealkylation sites (tertiary alicyclic amines) is 1. The highest BCUT2D eigenvalue weighted by Gasteiger charge is 2.23. The minimum absolute atomic E-state index is 0.502. The van der Waals surface area contributed by atoms with E-state index in [4.69, 9.17) is 5.73 Å². The normalized spacial score (nSPS) is 23.0. The van der Waals surface area contributed by atoms with Gasteiger partial charge < -0.3 is 20.9 Å². The Kier molecular flexibility index (Phi) is 5.54. The maximum atomic E-state index is 6.35. The zero-order chi connectivity index (χ0) is 16.1. The number of anilines is 3. The summed E-state index contributed by atoms with van der Waals surface area (Å²) in [5, 5.41) is 3.41. The second-order valence-corrected chi connectivity index (χ2v) is 6.83. The van der Waals surface area contributed by atoms with Gasteiger partial charge in [-0.25, -0.2) is 9.97 Å². The van der Waals surface area contributed by atoms with Crippen molar-refractivity contribution in [1.82, 2.24) is 14.9 Å². The maximum Gasteiger partial charge on any atom is 0.157 e. The van der Waals surface area contributed by atoms with Gasteiger partial charge in [0, 0.05) is 25.7 Å². The van der Waals surface area contributed by atoms with Gasteiger partial charge in [-0.15, -0.1) is 0 Å². The van der Waals surface area contributed by atoms with Crippen LogP contribution in [-0.4, -0.2) is 53.6 Å². The average Bonchev–Trinajstić information content (AvgIpc) is 2.58. The molecule has 2 aliphatic rings. The number of piperidine rings is 2. The second-order valence-electron chi connectivity index (χ2n) is 6.83. The fourth-order valence-electron chi connectivity index (χ4n) is 3.68. The lowest BCUT2D eigenvalue weighted by Crippen LogP contribution is -2.38. The first-order valence-electron chi connectivity index (χ1n) is 9.09. The highest BCUT2D eigenvalue weighted by molar-refractivity contribution is 5.75. The average molecular weight is 318 g/mol. The lowest BCUT2D eigenvalue weighted by molar-refractivity contribution is 0.237. The second kappa shape index (κ2) is 7.81. The van der Waals surface area contributed by atoms with Gasteiger partial charge in [0.15, 0.2) is 11.6 Å². The number of nitrogens with one attached hydrogen (secondary N) is 1. The lowest BCUT2D eigenvalue weighted by Gasteiger charge is -2.35. The molecule has 0 aromatic carbocycles. The Hall–Kier alpha value is -1.56. The van der Waals surface area contributed by atoms with Crippen LogP contribution in [0.25, 0.3) is 0 Å². The third kappa shape index (κ3) is 4.05. The van der Waals surface area contributed by atoms with Gasteiger partial charge in [-0.3, -0.25) is 0 Å². The molecule has 6 nitrogen and oxygen atoms in total. The van der Waals surface area contributed by atoms with Crippen LogP contribution in [0.4, 0.5) is 17.3 Å². The van der Waals surface area contributed by atoms with E-state index in [1.54, 1.807) is 6.33 Å². The summed E-state index contributed by atoms with van der Waals surface area (Å²) >= 11 is 0. The Morgan fingerprint density at radius 1 is 1.13 bits per heavy atom. The van der Waals surface area contributed by atoms with Gasteiger partial charge in [-0.1, -0.05) is 6.42 Å². The first-order valence-corrected chi connectivity index (χ1v) is 9.09. The molecule has 3 heterocycles. The predicted octanol–water partition coefficient (Wildman–Crippen LogP) is 2.34. The van der Waals surface area contributed by atoms with E-state index >= 15 is 0 Å². The third-order valence-electron chi connectivity index (χ3n) is 5.11. The Morgan fingerprint density at radius 3 is 2.70 bits per heavy atom. The van der Waals surface area contributed by atoms with Crippen LogP contribution in [0.1, 0.15) is 45.4 Å². The number of aromatic nitrogens is 2. The van der Waals surface area contributed by atoms with Crippen molar-refractivity contribution in [1.29, 1.82) is 0 Å². The molecular weight excluding hydrogens is 288 g/mol. The predicted molar refractivity (Wildman–Crippen MR) is 95.9 cm³/mol. The molecule has 23 heavy (non-hydrogen) atoms. The van der Waals surface area contributed by atoms with E-state index in [1.807, 2.05) is 0 Å². The summed E-state index contributed by atoms with van der Waals surface area (Å²) in [5.41, 5.74) is 7.05. The Balaban J connectivity index is 1.60. The quantitative estimate of drug-likeness (QED) is 0.868. The van der Waals surface area contributed by atoms with Crippen LogP contribution in [0.3, 0.4) is 0 Å². The van der Waals surface area contributed by atoms with Gasteiger partial charge in [0.25, 0.3) is 0 Å². The van der Waals surface area contributed by atoms with Gasteiger partial charge >= 0.3 is 0 Å². The highest BCUT2D eigenvalue weighted by atomic mass is 15.2. The molecule has 1 aromatic rings. The molecule has 128 valence electrons. The molecule has 0 radical (unpaired) electrons. The molecule has 6 heteroatoms. The summed E-state index contributed by atoms with van der Waals surface area (Å²) < 4.78 is 0. The molecule has 0 aliphatic carbocycles. The molecule has 2 aliphatic heterocycles. The van der Waals surface area contributed by atoms with E-state index in [0.717, 1.165) is 31.3 Å². The van der Waals surface area contributed by atoms with Gasteiger partial charge in [-0.05, 0) is 52.1 Å². The number of hydrogen-bond acceptors (Lipinski definition) is 6. The van der Waals surface area contributed by atoms with E-state index in [1.165, 1.54) is 51.6 Å². The Labute approximate surface area is 139 Å². The Morgan fingerprint density at radius 2 is 1.91 bits per heavy atom. The molecule has 0 saturated carbocycles. The van der Waals surface area contributed by atoms with Gasteiger partial charge in [-0.2, -0.15) is 0 Å². The number of nitrogen functional groups attached to an aromatic ring is 1. The minimum Gasteiger partial charge on any atom is -0.393 e. The van der Waals surface area contributed by atoms with Crippen LogP contribution in [0.2, 0.25) is 0 Å². The van der Waals surface area contributed by atoms with Crippen LogP contribution in [0.5, 0.6) is 0 Å². The standard InChI is InChI=1S/C17H30N6/c1-14-7-3-6-11-23(14)17-15(18)16(20-13-21-17)19-8-12-22-9-4-2-5-10-22/h13-14H,2-12,18H2,1H3,(H,19,20,21). The van der Waals surface area contributed by atoms with E-state index in [9.17, 15) is 0 Å². The van der Waals surface area contributed by atoms with Crippen molar-refractivity contribution in [2.75, 3.05) is 48.7 Å². The first-order chi connectivity index (χ1) is 11.3. The summed E-state index contributed by atoms with van der Waals surface area (Å²) in [6.45, 7) is 7.67. The molecular formula is C17H30N6. The van der Waals surface area contributed by atoms with Crippen LogP contribution in [0.15, 0.2) is 6.33 Å². The van der Waals surface area contributed by atoms with E-state index in [0.29, 0.717) is 11.7 Å².